The highest BCUT2D eigenvalue weighted by Crippen LogP contribution is 2.55. The summed E-state index contributed by atoms with van der Waals surface area (Å²) in [4.78, 5) is 0. The van der Waals surface area contributed by atoms with Gasteiger partial charge in [0.1, 0.15) is 0 Å². The second kappa shape index (κ2) is 4.70. The van der Waals surface area contributed by atoms with Crippen LogP contribution in [0.25, 0.3) is 5.57 Å². The molecule has 0 unspecified atom stereocenters. The van der Waals surface area contributed by atoms with Crippen LogP contribution >= 0.6 is 0 Å². The lowest BCUT2D eigenvalue weighted by atomic mass is 9.76. The molecule has 0 radical (unpaired) electrons. The van der Waals surface area contributed by atoms with Gasteiger partial charge < -0.3 is 0 Å². The lowest BCUT2D eigenvalue weighted by Crippen LogP contribution is -2.21. The predicted octanol–water partition coefficient (Wildman–Crippen LogP) is 5.19. The number of rotatable bonds is 3. The van der Waals surface area contributed by atoms with Gasteiger partial charge in [0.25, 0.3) is 0 Å². The van der Waals surface area contributed by atoms with Crippen LogP contribution in [-0.4, -0.2) is 0 Å². The molecule has 2 aliphatic carbocycles. The quantitative estimate of drug-likeness (QED) is 0.645. The first-order valence-electron chi connectivity index (χ1n) is 7.09. The van der Waals surface area contributed by atoms with E-state index in [1.807, 2.05) is 12.2 Å². The van der Waals surface area contributed by atoms with Crippen LogP contribution < -0.4 is 0 Å². The molecule has 0 heterocycles. The normalized spacial score (nSPS) is 20.2. The van der Waals surface area contributed by atoms with Gasteiger partial charge in [0.05, 0.1) is 0 Å². The number of allylic oxidation sites excluding steroid dienone is 6. The lowest BCUT2D eigenvalue weighted by Gasteiger charge is -2.27. The maximum Gasteiger partial charge on any atom is 0.0215 e. The number of hydrogen-bond acceptors (Lipinski definition) is 0. The van der Waals surface area contributed by atoms with Crippen LogP contribution in [-0.2, 0) is 5.41 Å². The van der Waals surface area contributed by atoms with E-state index in [0.29, 0.717) is 0 Å². The Kier molecular flexibility index (Phi) is 3.02. The smallest absolute Gasteiger partial charge is 0.0215 e. The van der Waals surface area contributed by atoms with Gasteiger partial charge in [-0.3, -0.25) is 0 Å². The van der Waals surface area contributed by atoms with Gasteiger partial charge in [0, 0.05) is 5.41 Å². The average Bonchev–Trinajstić information content (AvgIpc) is 3.02. The molecule has 2 aliphatic rings. The van der Waals surface area contributed by atoms with E-state index in [2.05, 4.69) is 49.6 Å². The van der Waals surface area contributed by atoms with Crippen molar-refractivity contribution in [2.24, 2.45) is 0 Å². The zero-order valence-corrected chi connectivity index (χ0v) is 11.4. The molecule has 0 heteroatoms. The standard InChI is InChI=1S/C19H20/c1-3-5-10-15-16-11-6-7-12-18(16)19(17(15)4-2)13-8-9-14-19/h3-7,10-12H,1-2,8-9,13-14H2/b10-5-. The highest BCUT2D eigenvalue weighted by molar-refractivity contribution is 5.88. The third kappa shape index (κ3) is 1.67. The molecule has 0 nitrogen and oxygen atoms in total. The Hall–Kier alpha value is -1.82. The molecule has 3 rings (SSSR count). The van der Waals surface area contributed by atoms with E-state index in [1.54, 1.807) is 0 Å². The molecule has 0 atom stereocenters. The zero-order chi connectivity index (χ0) is 13.3. The minimum absolute atomic E-state index is 0.235. The summed E-state index contributed by atoms with van der Waals surface area (Å²) in [7, 11) is 0. The van der Waals surface area contributed by atoms with Crippen LogP contribution in [0.2, 0.25) is 0 Å². The van der Waals surface area contributed by atoms with Crippen LogP contribution in [0.5, 0.6) is 0 Å². The maximum absolute atomic E-state index is 4.09. The van der Waals surface area contributed by atoms with E-state index >= 15 is 0 Å². The Morgan fingerprint density at radius 1 is 1.05 bits per heavy atom. The van der Waals surface area contributed by atoms with E-state index in [4.69, 9.17) is 0 Å². The van der Waals surface area contributed by atoms with Gasteiger partial charge in [-0.2, -0.15) is 0 Å². The van der Waals surface area contributed by atoms with Gasteiger partial charge in [0.2, 0.25) is 0 Å². The molecule has 1 fully saturated rings. The minimum atomic E-state index is 0.235. The summed E-state index contributed by atoms with van der Waals surface area (Å²) >= 11 is 0. The molecule has 1 spiro atoms. The first kappa shape index (κ1) is 12.2. The van der Waals surface area contributed by atoms with Gasteiger partial charge >= 0.3 is 0 Å². The number of fused-ring (bicyclic) bond motifs is 2. The van der Waals surface area contributed by atoms with E-state index < -0.39 is 0 Å². The second-order valence-electron chi connectivity index (χ2n) is 5.46. The van der Waals surface area contributed by atoms with Crippen LogP contribution in [0.3, 0.4) is 0 Å². The van der Waals surface area contributed by atoms with Crippen LogP contribution in [0.1, 0.15) is 36.8 Å². The van der Waals surface area contributed by atoms with Crippen molar-refractivity contribution in [2.75, 3.05) is 0 Å². The van der Waals surface area contributed by atoms with Gasteiger partial charge in [-0.05, 0) is 35.1 Å². The highest BCUT2D eigenvalue weighted by Gasteiger charge is 2.44. The Bertz CT molecular complexity index is 578. The largest absolute Gasteiger partial charge is 0.0991 e. The molecule has 0 bridgehead atoms. The van der Waals surface area contributed by atoms with Gasteiger partial charge in [-0.15, -0.1) is 0 Å². The number of benzene rings is 1. The maximum atomic E-state index is 4.09. The Morgan fingerprint density at radius 2 is 1.79 bits per heavy atom. The second-order valence-corrected chi connectivity index (χ2v) is 5.46. The van der Waals surface area contributed by atoms with Crippen molar-refractivity contribution in [3.05, 3.63) is 78.4 Å². The third-order valence-corrected chi connectivity index (χ3v) is 4.60. The fourth-order valence-corrected chi connectivity index (χ4v) is 3.85. The van der Waals surface area contributed by atoms with E-state index in [0.717, 1.165) is 0 Å². The average molecular weight is 248 g/mol. The lowest BCUT2D eigenvalue weighted by molar-refractivity contribution is 0.545. The van der Waals surface area contributed by atoms with Crippen molar-refractivity contribution in [2.45, 2.75) is 31.1 Å². The fraction of sp³-hybridized carbons (Fsp3) is 0.263. The van der Waals surface area contributed by atoms with E-state index in [1.165, 1.54) is 48.0 Å². The summed E-state index contributed by atoms with van der Waals surface area (Å²) < 4.78 is 0. The molecule has 0 amide bonds. The van der Waals surface area contributed by atoms with Gasteiger partial charge in [-0.25, -0.2) is 0 Å². The van der Waals surface area contributed by atoms with Crippen LogP contribution in [0, 0.1) is 0 Å². The molecular formula is C19H20. The summed E-state index contributed by atoms with van der Waals surface area (Å²) in [6.07, 6.45) is 13.3. The summed E-state index contributed by atoms with van der Waals surface area (Å²) in [5, 5.41) is 0. The Morgan fingerprint density at radius 3 is 2.47 bits per heavy atom. The van der Waals surface area contributed by atoms with Crippen molar-refractivity contribution >= 4 is 5.57 Å². The molecular weight excluding hydrogens is 228 g/mol. The third-order valence-electron chi connectivity index (χ3n) is 4.60. The van der Waals surface area contributed by atoms with E-state index in [-0.39, 0.29) is 5.41 Å². The monoisotopic (exact) mass is 248 g/mol. The molecule has 1 aromatic carbocycles. The molecule has 0 aliphatic heterocycles. The fourth-order valence-electron chi connectivity index (χ4n) is 3.85. The first-order valence-corrected chi connectivity index (χ1v) is 7.09. The molecule has 0 aromatic heterocycles. The Balaban J connectivity index is 2.26. The molecule has 0 N–H and O–H groups in total. The Labute approximate surface area is 115 Å². The zero-order valence-electron chi connectivity index (χ0n) is 11.4. The number of hydrogen-bond donors (Lipinski definition) is 0. The predicted molar refractivity (Wildman–Crippen MR) is 83.0 cm³/mol. The van der Waals surface area contributed by atoms with Crippen molar-refractivity contribution in [3.8, 4) is 0 Å². The van der Waals surface area contributed by atoms with Crippen molar-refractivity contribution in [3.63, 3.8) is 0 Å². The summed E-state index contributed by atoms with van der Waals surface area (Å²) in [5.74, 6) is 0. The molecule has 0 saturated heterocycles. The molecule has 1 saturated carbocycles. The van der Waals surface area contributed by atoms with Crippen molar-refractivity contribution in [1.29, 1.82) is 0 Å². The topological polar surface area (TPSA) is 0 Å². The summed E-state index contributed by atoms with van der Waals surface area (Å²) in [6, 6.07) is 8.85. The van der Waals surface area contributed by atoms with Gasteiger partial charge in [-0.1, -0.05) is 74.6 Å². The van der Waals surface area contributed by atoms with Crippen LogP contribution in [0.15, 0.2) is 67.3 Å². The molecule has 1 aromatic rings. The van der Waals surface area contributed by atoms with Crippen LogP contribution in [0.4, 0.5) is 0 Å². The summed E-state index contributed by atoms with van der Waals surface area (Å²) in [5.41, 5.74) is 5.89. The van der Waals surface area contributed by atoms with Crippen molar-refractivity contribution in [1.82, 2.24) is 0 Å². The van der Waals surface area contributed by atoms with E-state index in [9.17, 15) is 0 Å². The first-order chi connectivity index (χ1) is 9.33. The SMILES string of the molecule is C=C/C=C\C1=C(C=C)C2(CCCC2)c2ccccc21. The van der Waals surface area contributed by atoms with Crippen molar-refractivity contribution < 1.29 is 0 Å². The summed E-state index contributed by atoms with van der Waals surface area (Å²) in [6.45, 7) is 7.87. The minimum Gasteiger partial charge on any atom is -0.0991 e. The molecule has 96 valence electrons. The molecule has 19 heavy (non-hydrogen) atoms. The van der Waals surface area contributed by atoms with Gasteiger partial charge in [0.15, 0.2) is 0 Å². The highest BCUT2D eigenvalue weighted by atomic mass is 14.5.